The number of para-hydroxylation sites is 1. The predicted molar refractivity (Wildman–Crippen MR) is 102 cm³/mol. The summed E-state index contributed by atoms with van der Waals surface area (Å²) in [7, 11) is 0. The van der Waals surface area contributed by atoms with Gasteiger partial charge >= 0.3 is 0 Å². The molecule has 0 N–H and O–H groups in total. The van der Waals surface area contributed by atoms with Gasteiger partial charge in [0, 0.05) is 43.9 Å². The van der Waals surface area contributed by atoms with Gasteiger partial charge in [-0.2, -0.15) is 0 Å². The van der Waals surface area contributed by atoms with Crippen LogP contribution in [0.2, 0.25) is 0 Å². The van der Waals surface area contributed by atoms with Crippen molar-refractivity contribution in [3.05, 3.63) is 29.8 Å². The number of carbonyl (C=O) groups is 3. The van der Waals surface area contributed by atoms with E-state index >= 15 is 0 Å². The number of amides is 2. The average molecular weight is 367 g/mol. The van der Waals surface area contributed by atoms with E-state index in [-0.39, 0.29) is 23.5 Å². The molecular weight excluding hydrogens is 342 g/mol. The van der Waals surface area contributed by atoms with Crippen LogP contribution in [-0.4, -0.2) is 59.8 Å². The summed E-state index contributed by atoms with van der Waals surface area (Å²) in [6.07, 6.45) is 6.95. The van der Waals surface area contributed by atoms with Gasteiger partial charge in [0.15, 0.2) is 5.78 Å². The van der Waals surface area contributed by atoms with E-state index in [1.54, 1.807) is 23.1 Å². The molecule has 2 amide bonds. The second-order valence-corrected chi connectivity index (χ2v) is 7.62. The molecule has 0 radical (unpaired) electrons. The summed E-state index contributed by atoms with van der Waals surface area (Å²) in [5, 5.41) is 0. The first-order chi connectivity index (χ1) is 13.1. The Kier molecular flexibility index (Phi) is 5.05. The second-order valence-electron chi connectivity index (χ2n) is 7.62. The Bertz CT molecular complexity index is 775. The third-order valence-corrected chi connectivity index (χ3v) is 5.94. The van der Waals surface area contributed by atoms with Gasteiger partial charge in [-0.05, 0) is 25.0 Å². The molecule has 142 valence electrons. The number of benzene rings is 1. The molecular formula is C21H25N3O3. The van der Waals surface area contributed by atoms with E-state index in [9.17, 15) is 14.4 Å². The van der Waals surface area contributed by atoms with E-state index in [4.69, 9.17) is 0 Å². The molecule has 1 aliphatic carbocycles. The number of hydrogen-bond acceptors (Lipinski definition) is 4. The topological polar surface area (TPSA) is 70.1 Å². The highest BCUT2D eigenvalue weighted by Gasteiger charge is 2.36. The molecule has 0 bridgehead atoms. The number of piperazine rings is 1. The summed E-state index contributed by atoms with van der Waals surface area (Å²) >= 11 is 0. The zero-order chi connectivity index (χ0) is 18.8. The van der Waals surface area contributed by atoms with Crippen molar-refractivity contribution in [2.24, 2.45) is 16.8 Å². The average Bonchev–Trinajstić information content (AvgIpc) is 2.74. The van der Waals surface area contributed by atoms with Crippen molar-refractivity contribution in [3.8, 4) is 0 Å². The van der Waals surface area contributed by atoms with Crippen molar-refractivity contribution in [1.82, 2.24) is 9.80 Å². The predicted octanol–water partition coefficient (Wildman–Crippen LogP) is 2.45. The van der Waals surface area contributed by atoms with Crippen molar-refractivity contribution in [2.45, 2.75) is 32.1 Å². The standard InChI is InChI=1S/C21H25N3O3/c25-19-16-8-4-5-9-18(16)22-14-17(19)21(27)24-12-10-23(11-13-24)20(26)15-6-2-1-3-7-15/h4-5,8-9,14-15,17H,1-3,6-7,10-13H2. The zero-order valence-electron chi connectivity index (χ0n) is 15.5. The third-order valence-electron chi connectivity index (χ3n) is 5.94. The van der Waals surface area contributed by atoms with Crippen molar-refractivity contribution >= 4 is 29.5 Å². The van der Waals surface area contributed by atoms with Gasteiger partial charge in [0.05, 0.1) is 5.69 Å². The first kappa shape index (κ1) is 17.9. The lowest BCUT2D eigenvalue weighted by Crippen LogP contribution is -2.54. The molecule has 1 atom stereocenters. The molecule has 27 heavy (non-hydrogen) atoms. The molecule has 6 nitrogen and oxygen atoms in total. The minimum atomic E-state index is -0.847. The van der Waals surface area contributed by atoms with Gasteiger partial charge in [-0.3, -0.25) is 19.4 Å². The minimum Gasteiger partial charge on any atom is -0.339 e. The van der Waals surface area contributed by atoms with Crippen LogP contribution in [-0.2, 0) is 9.59 Å². The summed E-state index contributed by atoms with van der Waals surface area (Å²) in [6.45, 7) is 2.07. The van der Waals surface area contributed by atoms with Crippen LogP contribution in [0.5, 0.6) is 0 Å². The minimum absolute atomic E-state index is 0.157. The normalized spacial score (nSPS) is 23.3. The highest BCUT2D eigenvalue weighted by atomic mass is 16.2. The highest BCUT2D eigenvalue weighted by molar-refractivity contribution is 6.23. The number of ketones is 1. The summed E-state index contributed by atoms with van der Waals surface area (Å²) in [5.41, 5.74) is 1.12. The van der Waals surface area contributed by atoms with E-state index in [0.717, 1.165) is 25.7 Å². The second kappa shape index (κ2) is 7.62. The SMILES string of the molecule is O=C1c2ccccc2N=CC1C(=O)N1CCN(C(=O)C2CCCCC2)CC1. The van der Waals surface area contributed by atoms with Crippen molar-refractivity contribution < 1.29 is 14.4 Å². The van der Waals surface area contributed by atoms with Gasteiger partial charge in [-0.1, -0.05) is 31.4 Å². The fourth-order valence-electron chi connectivity index (χ4n) is 4.31. The lowest BCUT2D eigenvalue weighted by Gasteiger charge is -2.38. The molecule has 2 aliphatic heterocycles. The Hall–Kier alpha value is -2.50. The number of carbonyl (C=O) groups excluding carboxylic acids is 3. The quantitative estimate of drug-likeness (QED) is 0.754. The number of rotatable bonds is 2. The Morgan fingerprint density at radius 2 is 1.52 bits per heavy atom. The maximum absolute atomic E-state index is 12.9. The Morgan fingerprint density at radius 1 is 0.889 bits per heavy atom. The van der Waals surface area contributed by atoms with Crippen LogP contribution in [0.15, 0.2) is 29.3 Å². The maximum Gasteiger partial charge on any atom is 0.239 e. The van der Waals surface area contributed by atoms with E-state index in [1.807, 2.05) is 11.0 Å². The lowest BCUT2D eigenvalue weighted by atomic mass is 9.88. The Morgan fingerprint density at radius 3 is 2.22 bits per heavy atom. The highest BCUT2D eigenvalue weighted by Crippen LogP contribution is 2.28. The molecule has 1 saturated heterocycles. The van der Waals surface area contributed by atoms with Crippen LogP contribution in [0.4, 0.5) is 5.69 Å². The molecule has 4 rings (SSSR count). The molecule has 1 saturated carbocycles. The molecule has 0 spiro atoms. The molecule has 1 unspecified atom stereocenters. The van der Waals surface area contributed by atoms with Gasteiger partial charge in [0.25, 0.3) is 0 Å². The maximum atomic E-state index is 12.9. The van der Waals surface area contributed by atoms with E-state index in [1.165, 1.54) is 12.6 Å². The largest absolute Gasteiger partial charge is 0.339 e. The first-order valence-corrected chi connectivity index (χ1v) is 9.90. The van der Waals surface area contributed by atoms with Gasteiger partial charge < -0.3 is 9.80 Å². The van der Waals surface area contributed by atoms with Crippen LogP contribution in [0.1, 0.15) is 42.5 Å². The first-order valence-electron chi connectivity index (χ1n) is 9.90. The van der Waals surface area contributed by atoms with Gasteiger partial charge in [-0.25, -0.2) is 0 Å². The zero-order valence-corrected chi connectivity index (χ0v) is 15.5. The van der Waals surface area contributed by atoms with Gasteiger partial charge in [-0.15, -0.1) is 0 Å². The number of aliphatic imine (C=N–C) groups is 1. The number of fused-ring (bicyclic) bond motifs is 1. The summed E-state index contributed by atoms with van der Waals surface area (Å²) < 4.78 is 0. The van der Waals surface area contributed by atoms with Gasteiger partial charge in [0.1, 0.15) is 5.92 Å². The van der Waals surface area contributed by atoms with Crippen LogP contribution < -0.4 is 0 Å². The molecule has 2 fully saturated rings. The van der Waals surface area contributed by atoms with E-state index in [2.05, 4.69) is 4.99 Å². The van der Waals surface area contributed by atoms with E-state index in [0.29, 0.717) is 37.4 Å². The van der Waals surface area contributed by atoms with Gasteiger partial charge in [0.2, 0.25) is 11.8 Å². The molecule has 2 heterocycles. The monoisotopic (exact) mass is 367 g/mol. The molecule has 1 aromatic rings. The smallest absolute Gasteiger partial charge is 0.239 e. The molecule has 3 aliphatic rings. The van der Waals surface area contributed by atoms with Crippen molar-refractivity contribution in [2.75, 3.05) is 26.2 Å². The molecule has 1 aromatic carbocycles. The van der Waals surface area contributed by atoms with Crippen molar-refractivity contribution in [1.29, 1.82) is 0 Å². The number of nitrogens with zero attached hydrogens (tertiary/aromatic N) is 3. The molecule has 6 heteroatoms. The Labute approximate surface area is 159 Å². The van der Waals surface area contributed by atoms with Crippen LogP contribution in [0.25, 0.3) is 0 Å². The van der Waals surface area contributed by atoms with E-state index < -0.39 is 5.92 Å². The third kappa shape index (κ3) is 3.53. The van der Waals surface area contributed by atoms with Crippen LogP contribution >= 0.6 is 0 Å². The van der Waals surface area contributed by atoms with Crippen molar-refractivity contribution in [3.63, 3.8) is 0 Å². The summed E-state index contributed by atoms with van der Waals surface area (Å²) in [6, 6.07) is 7.11. The van der Waals surface area contributed by atoms with Crippen LogP contribution in [0.3, 0.4) is 0 Å². The summed E-state index contributed by atoms with van der Waals surface area (Å²) in [4.78, 5) is 46.1. The Balaban J connectivity index is 1.36. The number of Topliss-reactive ketones (excluding diaryl/α,β-unsaturated/α-hetero) is 1. The fraction of sp³-hybridized carbons (Fsp3) is 0.524. The summed E-state index contributed by atoms with van der Waals surface area (Å²) in [5.74, 6) is -0.842. The fourth-order valence-corrected chi connectivity index (χ4v) is 4.31. The van der Waals surface area contributed by atoms with Crippen LogP contribution in [0, 0.1) is 11.8 Å². The lowest BCUT2D eigenvalue weighted by molar-refractivity contribution is -0.143. The number of hydrogen-bond donors (Lipinski definition) is 0. The molecule has 0 aromatic heterocycles.